The Morgan fingerprint density at radius 1 is 0.510 bits per heavy atom. The smallest absolute Gasteiger partial charge is 0.310 e. The summed E-state index contributed by atoms with van der Waals surface area (Å²) < 4.78 is 12.7. The first-order valence-corrected chi connectivity index (χ1v) is 24.4. The number of carbonyl (C=O) groups excluding carboxylic acids is 4. The van der Waals surface area contributed by atoms with Crippen LogP contribution in [0.25, 0.3) is 0 Å². The Labute approximate surface area is 323 Å². The molecule has 9 heteroatoms. The van der Waals surface area contributed by atoms with E-state index in [0.717, 1.165) is 37.5 Å². The first kappa shape index (κ1) is 53.5. The number of ether oxygens (including phenoxy) is 2. The number of carboxylic acids is 2. The van der Waals surface area contributed by atoms with E-state index in [1.165, 1.54) is 115 Å². The number of carboxylic acid groups (broad SMARTS) is 2. The van der Waals surface area contributed by atoms with Gasteiger partial charge >= 0.3 is 133 Å². The van der Waals surface area contributed by atoms with Gasteiger partial charge in [-0.2, -0.15) is 0 Å². The van der Waals surface area contributed by atoms with E-state index in [2.05, 4.69) is 41.5 Å². The Kier molecular flexibility index (Phi) is 46.5. The van der Waals surface area contributed by atoms with E-state index in [1.807, 2.05) is 0 Å². The molecule has 8 nitrogen and oxygen atoms in total. The molecule has 0 saturated heterocycles. The van der Waals surface area contributed by atoms with Crippen LogP contribution in [-0.2, 0) is 28.7 Å². The Balaban J connectivity index is -0.000000678. The van der Waals surface area contributed by atoms with Crippen LogP contribution in [0.3, 0.4) is 0 Å². The maximum absolute atomic E-state index is 11.0. The van der Waals surface area contributed by atoms with Gasteiger partial charge < -0.3 is 29.3 Å². The number of hydrogen-bond donors (Lipinski definition) is 0. The summed E-state index contributed by atoms with van der Waals surface area (Å²) in [6.45, 7) is 13.8. The third-order valence-corrected chi connectivity index (χ3v) is 13.5. The number of hydrogen-bond acceptors (Lipinski definition) is 8. The molecule has 0 radical (unpaired) electrons. The van der Waals surface area contributed by atoms with E-state index in [1.54, 1.807) is 21.0 Å². The number of carbonyl (C=O) groups is 4. The summed E-state index contributed by atoms with van der Waals surface area (Å²) in [6, 6.07) is 0. The van der Waals surface area contributed by atoms with E-state index in [9.17, 15) is 29.4 Å². The number of allylic oxidation sites excluding steroid dienone is 2. The first-order chi connectivity index (χ1) is 24.6. The maximum Gasteiger partial charge on any atom is 0.310 e. The average molecular weight is 828 g/mol. The van der Waals surface area contributed by atoms with Gasteiger partial charge in [0.1, 0.15) is 0 Å². The topological polar surface area (TPSA) is 133 Å². The van der Waals surface area contributed by atoms with Crippen LogP contribution in [-0.4, -0.2) is 45.0 Å². The zero-order valence-corrected chi connectivity index (χ0v) is 36.5. The van der Waals surface area contributed by atoms with Gasteiger partial charge in [0.05, 0.1) is 25.4 Å². The minimum Gasteiger partial charge on any atom is -0.550 e. The zero-order chi connectivity index (χ0) is 38.8. The molecule has 0 rings (SSSR count). The maximum atomic E-state index is 11.0. The molecule has 0 heterocycles. The van der Waals surface area contributed by atoms with Crippen LogP contribution < -0.4 is 10.2 Å². The first-order valence-electron chi connectivity index (χ1n) is 20.4. The summed E-state index contributed by atoms with van der Waals surface area (Å²) in [6.07, 6.45) is 30.8. The second-order valence-electron chi connectivity index (χ2n) is 13.4. The molecule has 0 fully saturated rings. The van der Waals surface area contributed by atoms with Crippen LogP contribution in [0.1, 0.15) is 196 Å². The van der Waals surface area contributed by atoms with Crippen LogP contribution in [0.15, 0.2) is 24.7 Å². The molecule has 0 amide bonds. The van der Waals surface area contributed by atoms with Gasteiger partial charge in [-0.1, -0.05) is 65.2 Å². The fourth-order valence-electron chi connectivity index (χ4n) is 5.02. The molecule has 51 heavy (non-hydrogen) atoms. The van der Waals surface area contributed by atoms with Crippen molar-refractivity contribution in [3.63, 3.8) is 0 Å². The van der Waals surface area contributed by atoms with Crippen molar-refractivity contribution < 1.29 is 38.9 Å². The largest absolute Gasteiger partial charge is 0.550 e. The van der Waals surface area contributed by atoms with Crippen LogP contribution in [0.2, 0.25) is 8.87 Å². The SMILES string of the molecule is CCCCC(CC)[CH2][Sn+2][CH2]C(CC)CCCC.CCCCCCCC=COC(=O)CCC(=O)[O-].CCCCCCCC=COC(=O)CCC(=O)[O-]. The monoisotopic (exact) mass is 828 g/mol. The Bertz CT molecular complexity index is 790. The van der Waals surface area contributed by atoms with E-state index >= 15 is 0 Å². The Morgan fingerprint density at radius 2 is 0.863 bits per heavy atom. The quantitative estimate of drug-likeness (QED) is 0.0283. The molecule has 296 valence electrons. The number of unbranched alkanes of at least 4 members (excludes halogenated alkanes) is 12. The minimum atomic E-state index is -1.23. The number of rotatable bonds is 32. The summed E-state index contributed by atoms with van der Waals surface area (Å²) in [7, 11) is 0. The standard InChI is InChI=1S/2C13H22O4.2C8H17.Sn/c2*1-2-3-4-5-6-7-8-11-17-13(16)10-9-12(14)15;2*1-4-6-7-8(3)5-2;/h2*8,11H,2-7,9-10H2,1H3,(H,14,15);2*8H,3-7H2,1-2H3;/q;;;;+2/p-2. The van der Waals surface area contributed by atoms with Crippen LogP contribution in [0.4, 0.5) is 0 Å². The summed E-state index contributed by atoms with van der Waals surface area (Å²) in [4.78, 5) is 42.1. The summed E-state index contributed by atoms with van der Waals surface area (Å²) in [5.74, 6) is -1.35. The van der Waals surface area contributed by atoms with Crippen LogP contribution in [0, 0.1) is 11.8 Å². The Morgan fingerprint density at radius 3 is 1.18 bits per heavy atom. The molecule has 0 spiro atoms. The van der Waals surface area contributed by atoms with Gasteiger partial charge in [0.15, 0.2) is 0 Å². The molecular weight excluding hydrogens is 751 g/mol. The molecule has 0 aliphatic rings. The van der Waals surface area contributed by atoms with Crippen molar-refractivity contribution in [1.29, 1.82) is 0 Å². The molecule has 0 aliphatic heterocycles. The predicted molar refractivity (Wildman–Crippen MR) is 208 cm³/mol. The molecule has 0 N–H and O–H groups in total. The van der Waals surface area contributed by atoms with Crippen molar-refractivity contribution in [3.8, 4) is 0 Å². The van der Waals surface area contributed by atoms with Gasteiger partial charge in [-0.15, -0.1) is 0 Å². The zero-order valence-electron chi connectivity index (χ0n) is 33.6. The van der Waals surface area contributed by atoms with Gasteiger partial charge in [0.25, 0.3) is 0 Å². The molecule has 0 aromatic rings. The van der Waals surface area contributed by atoms with Crippen molar-refractivity contribution in [2.45, 2.75) is 205 Å². The van der Waals surface area contributed by atoms with Crippen molar-refractivity contribution in [2.24, 2.45) is 11.8 Å². The molecular formula is C42H76O8Sn. The second kappa shape index (κ2) is 44.3. The van der Waals surface area contributed by atoms with Crippen molar-refractivity contribution >= 4 is 45.0 Å². The predicted octanol–water partition coefficient (Wildman–Crippen LogP) is 9.83. The fourth-order valence-corrected chi connectivity index (χ4v) is 10.6. The normalized spacial score (nSPS) is 11.9. The van der Waals surface area contributed by atoms with Gasteiger partial charge in [0, 0.05) is 11.9 Å². The van der Waals surface area contributed by atoms with Crippen molar-refractivity contribution in [1.82, 2.24) is 0 Å². The average Bonchev–Trinajstić information content (AvgIpc) is 3.12. The van der Waals surface area contributed by atoms with Gasteiger partial charge in [-0.05, 0) is 50.7 Å². The molecule has 2 unspecified atom stereocenters. The number of esters is 2. The molecule has 0 aromatic heterocycles. The molecule has 0 aromatic carbocycles. The van der Waals surface area contributed by atoms with Crippen molar-refractivity contribution in [2.75, 3.05) is 0 Å². The van der Waals surface area contributed by atoms with E-state index in [0.29, 0.717) is 0 Å². The van der Waals surface area contributed by atoms with Gasteiger partial charge in [-0.3, -0.25) is 9.59 Å². The molecule has 0 aliphatic carbocycles. The van der Waals surface area contributed by atoms with E-state index in [4.69, 9.17) is 9.47 Å². The summed E-state index contributed by atoms with van der Waals surface area (Å²) >= 11 is -0.0388. The number of aliphatic carboxylic acids is 2. The summed E-state index contributed by atoms with van der Waals surface area (Å²) in [5.41, 5.74) is 0. The summed E-state index contributed by atoms with van der Waals surface area (Å²) in [5, 5.41) is 20.1. The second-order valence-corrected chi connectivity index (χ2v) is 17.1. The third kappa shape index (κ3) is 48.2. The van der Waals surface area contributed by atoms with Crippen molar-refractivity contribution in [3.05, 3.63) is 24.7 Å². The van der Waals surface area contributed by atoms with Crippen LogP contribution in [0.5, 0.6) is 0 Å². The Hall–Kier alpha value is -1.84. The van der Waals surface area contributed by atoms with E-state index < -0.39 is 23.9 Å². The van der Waals surface area contributed by atoms with E-state index in [-0.39, 0.29) is 46.8 Å². The third-order valence-electron chi connectivity index (χ3n) is 8.56. The molecule has 0 bridgehead atoms. The molecule has 0 saturated carbocycles. The van der Waals surface area contributed by atoms with Gasteiger partial charge in [0.2, 0.25) is 0 Å². The molecule has 2 atom stereocenters. The van der Waals surface area contributed by atoms with Gasteiger partial charge in [-0.25, -0.2) is 0 Å². The fraction of sp³-hybridized carbons (Fsp3) is 0.810. The van der Waals surface area contributed by atoms with Crippen LogP contribution >= 0.6 is 0 Å². The minimum absolute atomic E-state index is 0.0388.